The number of rotatable bonds is 4. The van der Waals surface area contributed by atoms with E-state index >= 15 is 0 Å². The molecule has 0 aliphatic carbocycles. The average Bonchev–Trinajstić information content (AvgIpc) is 2.78. The zero-order chi connectivity index (χ0) is 11.4. The minimum absolute atomic E-state index is 0.122. The monoisotopic (exact) mass is 220 g/mol. The highest BCUT2D eigenvalue weighted by Crippen LogP contribution is 2.29. The topological polar surface area (TPSA) is 27.7 Å². The van der Waals surface area contributed by atoms with E-state index < -0.39 is 0 Å². The summed E-state index contributed by atoms with van der Waals surface area (Å²) in [4.78, 5) is 0. The highest BCUT2D eigenvalue weighted by Gasteiger charge is 2.26. The maximum absolute atomic E-state index is 5.72. The van der Waals surface area contributed by atoms with Crippen molar-refractivity contribution in [2.75, 3.05) is 13.7 Å². The fraction of sp³-hybridized carbons (Fsp3) is 0.462. The minimum Gasteiger partial charge on any atom is -0.497 e. The summed E-state index contributed by atoms with van der Waals surface area (Å²) >= 11 is 0. The summed E-state index contributed by atoms with van der Waals surface area (Å²) < 4.78 is 16.4. The summed E-state index contributed by atoms with van der Waals surface area (Å²) in [6, 6.07) is 7.71. The van der Waals surface area contributed by atoms with E-state index in [1.165, 1.54) is 0 Å². The Bertz CT molecular complexity index is 320. The lowest BCUT2D eigenvalue weighted by Crippen LogP contribution is -2.08. The predicted octanol–water partition coefficient (Wildman–Crippen LogP) is 2.60. The van der Waals surface area contributed by atoms with E-state index in [4.69, 9.17) is 21.1 Å². The largest absolute Gasteiger partial charge is 0.497 e. The van der Waals surface area contributed by atoms with Gasteiger partial charge in [0.15, 0.2) is 6.29 Å². The van der Waals surface area contributed by atoms with Gasteiger partial charge in [-0.1, -0.05) is 12.1 Å². The average molecular weight is 220 g/mol. The number of ether oxygens (including phenoxy) is 3. The summed E-state index contributed by atoms with van der Waals surface area (Å²) in [5.41, 5.74) is 1.01. The Labute approximate surface area is 96.3 Å². The molecule has 3 heteroatoms. The summed E-state index contributed by atoms with van der Waals surface area (Å²) in [5, 5.41) is 0. The molecule has 3 nitrogen and oxygen atoms in total. The minimum atomic E-state index is -0.262. The second-order valence-electron chi connectivity index (χ2n) is 3.77. The molecule has 1 saturated heterocycles. The first-order valence-corrected chi connectivity index (χ1v) is 5.44. The summed E-state index contributed by atoms with van der Waals surface area (Å²) in [7, 11) is 1.65. The van der Waals surface area contributed by atoms with Gasteiger partial charge in [-0.2, -0.15) is 0 Å². The van der Waals surface area contributed by atoms with Crippen molar-refractivity contribution in [3.63, 3.8) is 0 Å². The molecule has 0 amide bonds. The molecule has 0 aromatic heterocycles. The molecular formula is C13H16O3. The van der Waals surface area contributed by atoms with Gasteiger partial charge in [-0.15, -0.1) is 0 Å². The molecule has 2 atom stereocenters. The Balaban J connectivity index is 1.97. The molecule has 2 unspecified atom stereocenters. The molecule has 0 saturated carbocycles. The van der Waals surface area contributed by atoms with Crippen LogP contribution in [0.4, 0.5) is 0 Å². The predicted molar refractivity (Wildman–Crippen MR) is 60.1 cm³/mol. The van der Waals surface area contributed by atoms with E-state index in [9.17, 15) is 0 Å². The summed E-state index contributed by atoms with van der Waals surface area (Å²) in [6.45, 7) is 6.10. The molecule has 86 valence electrons. The van der Waals surface area contributed by atoms with Gasteiger partial charge in [-0.05, 0) is 31.9 Å². The Morgan fingerprint density at radius 1 is 1.38 bits per heavy atom. The van der Waals surface area contributed by atoms with Crippen LogP contribution in [0.15, 0.2) is 24.3 Å². The summed E-state index contributed by atoms with van der Waals surface area (Å²) in [5.74, 6) is 0.834. The molecule has 0 N–H and O–H groups in total. The van der Waals surface area contributed by atoms with Crippen LogP contribution >= 0.6 is 0 Å². The summed E-state index contributed by atoms with van der Waals surface area (Å²) in [6.07, 6.45) is 1.33. The van der Waals surface area contributed by atoms with Crippen LogP contribution in [0.2, 0.25) is 0 Å². The van der Waals surface area contributed by atoms with Gasteiger partial charge in [0, 0.05) is 5.56 Å². The SMILES string of the molecule is [CH]CCC1COC(c2ccc(OC)cc2)O1. The van der Waals surface area contributed by atoms with Crippen molar-refractivity contribution in [1.82, 2.24) is 0 Å². The first kappa shape index (κ1) is 11.4. The smallest absolute Gasteiger partial charge is 0.184 e. The molecule has 1 aliphatic rings. The maximum Gasteiger partial charge on any atom is 0.184 e. The second-order valence-corrected chi connectivity index (χ2v) is 3.77. The highest BCUT2D eigenvalue weighted by molar-refractivity contribution is 5.28. The fourth-order valence-corrected chi connectivity index (χ4v) is 1.72. The highest BCUT2D eigenvalue weighted by atomic mass is 16.7. The van der Waals surface area contributed by atoms with Crippen LogP contribution < -0.4 is 4.74 Å². The van der Waals surface area contributed by atoms with E-state index in [1.807, 2.05) is 24.3 Å². The van der Waals surface area contributed by atoms with Crippen molar-refractivity contribution >= 4 is 0 Å². The molecule has 0 bridgehead atoms. The fourth-order valence-electron chi connectivity index (χ4n) is 1.72. The van der Waals surface area contributed by atoms with Crippen LogP contribution in [-0.4, -0.2) is 19.8 Å². The normalized spacial score (nSPS) is 24.6. The second kappa shape index (κ2) is 5.32. The first-order valence-electron chi connectivity index (χ1n) is 5.44. The van der Waals surface area contributed by atoms with Crippen molar-refractivity contribution in [3.05, 3.63) is 36.8 Å². The van der Waals surface area contributed by atoms with E-state index in [0.717, 1.165) is 17.7 Å². The Hall–Kier alpha value is -1.06. The lowest BCUT2D eigenvalue weighted by molar-refractivity contribution is -0.0609. The van der Waals surface area contributed by atoms with Crippen LogP contribution in [-0.2, 0) is 9.47 Å². The Kier molecular flexibility index (Phi) is 3.80. The lowest BCUT2D eigenvalue weighted by atomic mass is 10.2. The van der Waals surface area contributed by atoms with E-state index in [2.05, 4.69) is 0 Å². The van der Waals surface area contributed by atoms with Crippen molar-refractivity contribution in [3.8, 4) is 5.75 Å². The first-order chi connectivity index (χ1) is 7.83. The van der Waals surface area contributed by atoms with Gasteiger partial charge in [-0.25, -0.2) is 0 Å². The lowest BCUT2D eigenvalue weighted by Gasteiger charge is -2.11. The van der Waals surface area contributed by atoms with Crippen LogP contribution in [0.3, 0.4) is 0 Å². The molecule has 1 aromatic carbocycles. The molecule has 0 spiro atoms. The van der Waals surface area contributed by atoms with Gasteiger partial charge in [0.2, 0.25) is 0 Å². The number of hydrogen-bond acceptors (Lipinski definition) is 3. The molecule has 1 heterocycles. The zero-order valence-electron chi connectivity index (χ0n) is 9.39. The molecule has 1 aromatic rings. The number of hydrogen-bond donors (Lipinski definition) is 0. The molecule has 1 fully saturated rings. The van der Waals surface area contributed by atoms with Gasteiger partial charge < -0.3 is 14.2 Å². The van der Waals surface area contributed by atoms with E-state index in [-0.39, 0.29) is 12.4 Å². The van der Waals surface area contributed by atoms with Crippen molar-refractivity contribution in [1.29, 1.82) is 0 Å². The van der Waals surface area contributed by atoms with E-state index in [0.29, 0.717) is 13.0 Å². The molecule has 2 radical (unpaired) electrons. The quantitative estimate of drug-likeness (QED) is 0.780. The molecule has 2 rings (SSSR count). The van der Waals surface area contributed by atoms with Gasteiger partial charge in [0.25, 0.3) is 0 Å². The van der Waals surface area contributed by atoms with E-state index in [1.54, 1.807) is 7.11 Å². The number of methoxy groups -OCH3 is 1. The van der Waals surface area contributed by atoms with Gasteiger partial charge in [0.05, 0.1) is 19.8 Å². The molecule has 16 heavy (non-hydrogen) atoms. The van der Waals surface area contributed by atoms with Crippen molar-refractivity contribution < 1.29 is 14.2 Å². The Morgan fingerprint density at radius 2 is 2.12 bits per heavy atom. The van der Waals surface area contributed by atoms with Crippen LogP contribution in [0.1, 0.15) is 24.7 Å². The van der Waals surface area contributed by atoms with Crippen molar-refractivity contribution in [2.24, 2.45) is 0 Å². The van der Waals surface area contributed by atoms with Gasteiger partial charge >= 0.3 is 0 Å². The van der Waals surface area contributed by atoms with Gasteiger partial charge in [-0.3, -0.25) is 0 Å². The Morgan fingerprint density at radius 3 is 2.75 bits per heavy atom. The van der Waals surface area contributed by atoms with Crippen LogP contribution in [0, 0.1) is 6.92 Å². The van der Waals surface area contributed by atoms with Crippen LogP contribution in [0.25, 0.3) is 0 Å². The third-order valence-corrected chi connectivity index (χ3v) is 2.63. The van der Waals surface area contributed by atoms with Crippen molar-refractivity contribution in [2.45, 2.75) is 25.2 Å². The molecular weight excluding hydrogens is 204 g/mol. The number of benzene rings is 1. The zero-order valence-corrected chi connectivity index (χ0v) is 9.39. The third kappa shape index (κ3) is 2.54. The standard InChI is InChI=1S/C13H16O3/c1-3-4-12-9-15-13(16-12)10-5-7-11(14-2)8-6-10/h1,5-8,12-13H,3-4,9H2,2H3. The van der Waals surface area contributed by atoms with Gasteiger partial charge in [0.1, 0.15) is 5.75 Å². The van der Waals surface area contributed by atoms with Crippen LogP contribution in [0.5, 0.6) is 5.75 Å². The maximum atomic E-state index is 5.72. The third-order valence-electron chi connectivity index (χ3n) is 2.63. The molecule has 1 aliphatic heterocycles.